The summed E-state index contributed by atoms with van der Waals surface area (Å²) in [7, 11) is 0. The Morgan fingerprint density at radius 2 is 1.08 bits per heavy atom. The Morgan fingerprint density at radius 1 is 0.554 bits per heavy atom. The number of aryl methyl sites for hydroxylation is 1. The number of nitrogens with one attached hydrogen (secondary N) is 3. The quantitative estimate of drug-likeness (QED) is 0.0110. The van der Waals surface area contributed by atoms with Crippen molar-refractivity contribution < 1.29 is 53.9 Å². The summed E-state index contributed by atoms with van der Waals surface area (Å²) in [4.78, 5) is 86.6. The number of benzene rings is 1. The van der Waals surface area contributed by atoms with E-state index < -0.39 is 11.8 Å². The largest absolute Gasteiger partial charge is 0.380 e. The van der Waals surface area contributed by atoms with Crippen LogP contribution < -0.4 is 16.0 Å². The molecule has 0 spiro atoms. The van der Waals surface area contributed by atoms with E-state index in [1.54, 1.807) is 12.1 Å². The molecule has 1 aromatic carbocycles. The molecule has 0 atom stereocenters. The maximum Gasteiger partial charge on any atom is 0.246 e. The van der Waals surface area contributed by atoms with Gasteiger partial charge in [-0.1, -0.05) is 42.2 Å². The third-order valence-electron chi connectivity index (χ3n) is 10.4. The number of hydrogen-bond acceptors (Lipinski definition) is 13. The average Bonchev–Trinajstić information content (AvgIpc) is 3.28. The van der Waals surface area contributed by atoms with Gasteiger partial charge in [0, 0.05) is 121 Å². The monoisotopic (exact) mass is 918 g/mol. The van der Waals surface area contributed by atoms with Gasteiger partial charge in [0.2, 0.25) is 29.5 Å². The van der Waals surface area contributed by atoms with E-state index in [9.17, 15) is 49.2 Å². The first-order chi connectivity index (χ1) is 31.3. The molecule has 0 aliphatic heterocycles. The van der Waals surface area contributed by atoms with Crippen LogP contribution in [0.2, 0.25) is 0 Å². The molecule has 20 heteroatoms. The number of amides is 5. The molecule has 0 aliphatic rings. The fourth-order valence-electron chi connectivity index (χ4n) is 6.44. The average molecular weight is 918 g/mol. The normalized spacial score (nSPS) is 10.8. The first kappa shape index (κ1) is 58.0. The molecule has 6 N–H and O–H groups in total. The van der Waals surface area contributed by atoms with Crippen molar-refractivity contribution >= 4 is 46.8 Å². The lowest BCUT2D eigenvalue weighted by atomic mass is 10.1. The molecule has 0 aromatic heterocycles. The number of ketones is 2. The summed E-state index contributed by atoms with van der Waals surface area (Å²) in [6.07, 6.45) is 11.1. The van der Waals surface area contributed by atoms with Gasteiger partial charge in [-0.3, -0.25) is 44.0 Å². The number of azide groups is 1. The fourth-order valence-corrected chi connectivity index (χ4v) is 6.44. The summed E-state index contributed by atoms with van der Waals surface area (Å²) in [5, 5.41) is 43.9. The zero-order valence-electron chi connectivity index (χ0n) is 38.5. The summed E-state index contributed by atoms with van der Waals surface area (Å²) in [5.74, 6) is -1.32. The molecule has 0 saturated heterocycles. The van der Waals surface area contributed by atoms with Gasteiger partial charge in [-0.05, 0) is 88.1 Å². The number of hydrogen-bond donors (Lipinski definition) is 6. The Balaban J connectivity index is 1.92. The number of ether oxygens (including phenoxy) is 1. The van der Waals surface area contributed by atoms with Crippen LogP contribution in [0, 0.1) is 0 Å². The highest BCUT2D eigenvalue weighted by Gasteiger charge is 2.14. The highest BCUT2D eigenvalue weighted by atomic mass is 16.5. The van der Waals surface area contributed by atoms with Crippen LogP contribution in [0.3, 0.4) is 0 Å². The molecule has 0 unspecified atom stereocenters. The lowest BCUT2D eigenvalue weighted by Gasteiger charge is -2.15. The number of hydroxylamine groups is 6. The van der Waals surface area contributed by atoms with Crippen LogP contribution in [0.25, 0.3) is 10.4 Å². The van der Waals surface area contributed by atoms with Crippen molar-refractivity contribution in [2.45, 2.75) is 148 Å². The van der Waals surface area contributed by atoms with Crippen LogP contribution in [0.5, 0.6) is 0 Å². The van der Waals surface area contributed by atoms with Crippen molar-refractivity contribution in [1.82, 2.24) is 31.1 Å². The van der Waals surface area contributed by atoms with E-state index in [1.165, 1.54) is 12.0 Å². The van der Waals surface area contributed by atoms with Crippen LogP contribution >= 0.6 is 0 Å². The Morgan fingerprint density at radius 3 is 1.72 bits per heavy atom. The van der Waals surface area contributed by atoms with Crippen LogP contribution in [0.1, 0.15) is 147 Å². The number of rotatable bonds is 41. The van der Waals surface area contributed by atoms with Crippen molar-refractivity contribution in [3.8, 4) is 0 Å². The van der Waals surface area contributed by atoms with Gasteiger partial charge in [0.15, 0.2) is 0 Å². The van der Waals surface area contributed by atoms with Crippen LogP contribution in [-0.4, -0.2) is 131 Å². The topological polar surface area (TPSA) is 284 Å². The van der Waals surface area contributed by atoms with Crippen molar-refractivity contribution in [3.63, 3.8) is 0 Å². The van der Waals surface area contributed by atoms with Gasteiger partial charge in [0.1, 0.15) is 11.6 Å². The van der Waals surface area contributed by atoms with Gasteiger partial charge >= 0.3 is 0 Å². The molecule has 0 bridgehead atoms. The Kier molecular flexibility index (Phi) is 34.2. The number of Topliss-reactive ketones (excluding diaryl/α,β-unsaturated/α-hetero) is 2. The Hall–Kier alpha value is -4.98. The van der Waals surface area contributed by atoms with Gasteiger partial charge in [-0.15, -0.1) is 0 Å². The van der Waals surface area contributed by atoms with Crippen molar-refractivity contribution in [3.05, 3.63) is 40.3 Å². The highest BCUT2D eigenvalue weighted by molar-refractivity contribution is 5.85. The predicted molar refractivity (Wildman–Crippen MR) is 242 cm³/mol. The molecule has 0 fully saturated rings. The van der Waals surface area contributed by atoms with Crippen LogP contribution in [0.4, 0.5) is 5.69 Å². The first-order valence-electron chi connectivity index (χ1n) is 23.3. The molecular weight excluding hydrogens is 843 g/mol. The summed E-state index contributed by atoms with van der Waals surface area (Å²) in [6.45, 7) is 4.70. The SMILES string of the molecule is CC(=O)N(O)CCCCCNC(=O)CCCN(O)CCCCCCC(=O)CCC(=O)N(O)CCCCCNC(=O)CCC(=O)CCCCOCCNC(=O)CCc1ccc(N=[N+]=[N-])cc1. The molecule has 20 nitrogen and oxygen atoms in total. The third kappa shape index (κ3) is 34.1. The van der Waals surface area contributed by atoms with Crippen molar-refractivity contribution in [2.24, 2.45) is 5.11 Å². The lowest BCUT2D eigenvalue weighted by molar-refractivity contribution is -0.166. The fraction of sp³-hybridized carbons (Fsp3) is 0.711. The Labute approximate surface area is 383 Å². The molecule has 0 radical (unpaired) electrons. The van der Waals surface area contributed by atoms with E-state index >= 15 is 0 Å². The maximum atomic E-state index is 12.3. The summed E-state index contributed by atoms with van der Waals surface area (Å²) >= 11 is 0. The van der Waals surface area contributed by atoms with E-state index in [0.717, 1.165) is 37.7 Å². The van der Waals surface area contributed by atoms with Gasteiger partial charge < -0.3 is 25.9 Å². The number of carbonyl (C=O) groups excluding carboxylic acids is 7. The van der Waals surface area contributed by atoms with E-state index in [1.807, 2.05) is 12.1 Å². The van der Waals surface area contributed by atoms with Gasteiger partial charge in [-0.25, -0.2) is 10.1 Å². The summed E-state index contributed by atoms with van der Waals surface area (Å²) in [5.41, 5.74) is 9.95. The molecular formula is C45H75N9O11. The highest BCUT2D eigenvalue weighted by Crippen LogP contribution is 2.14. The minimum absolute atomic E-state index is 0.0100. The summed E-state index contributed by atoms with van der Waals surface area (Å²) in [6, 6.07) is 7.05. The molecule has 0 aliphatic carbocycles. The van der Waals surface area contributed by atoms with Gasteiger partial charge in [-0.2, -0.15) is 5.06 Å². The smallest absolute Gasteiger partial charge is 0.246 e. The minimum atomic E-state index is -0.510. The van der Waals surface area contributed by atoms with Crippen molar-refractivity contribution in [1.29, 1.82) is 0 Å². The second kappa shape index (κ2) is 38.3. The second-order valence-electron chi connectivity index (χ2n) is 16.1. The minimum Gasteiger partial charge on any atom is -0.380 e. The number of unbranched alkanes of at least 4 members (excludes halogenated alkanes) is 8. The Bertz CT molecular complexity index is 1590. The van der Waals surface area contributed by atoms with Crippen molar-refractivity contribution in [2.75, 3.05) is 59.0 Å². The van der Waals surface area contributed by atoms with E-state index in [-0.39, 0.29) is 68.1 Å². The molecule has 0 saturated carbocycles. The summed E-state index contributed by atoms with van der Waals surface area (Å²) < 4.78 is 5.54. The standard InChI is InChI=1S/C45H75N9O11/c1-37(55)53(63)33-11-4-8-28-47-42(58)17-14-32-52(62)31-10-3-2-6-15-41(57)24-27-45(61)54(64)34-12-5-9-29-48-44(60)26-23-40(56)16-7-13-35-65-36-30-49-43(59)25-20-38-18-21-39(22-19-38)50-51-46/h18-19,21-22,62-64H,2-17,20,23-36H2,1H3,(H,47,58)(H,48,60)(H,49,59). The van der Waals surface area contributed by atoms with Gasteiger partial charge in [0.05, 0.1) is 6.61 Å². The zero-order valence-corrected chi connectivity index (χ0v) is 38.5. The molecule has 5 amide bonds. The molecule has 1 rings (SSSR count). The predicted octanol–water partition coefficient (Wildman–Crippen LogP) is 6.01. The molecule has 1 aromatic rings. The van der Waals surface area contributed by atoms with E-state index in [4.69, 9.17) is 10.3 Å². The molecule has 0 heterocycles. The lowest BCUT2D eigenvalue weighted by Crippen LogP contribution is -2.29. The number of nitrogens with zero attached hydrogens (tertiary/aromatic N) is 6. The number of carbonyl (C=O) groups is 7. The van der Waals surface area contributed by atoms with Crippen LogP contribution in [0.15, 0.2) is 29.4 Å². The third-order valence-corrected chi connectivity index (χ3v) is 10.4. The zero-order chi connectivity index (χ0) is 47.9. The molecule has 366 valence electrons. The second-order valence-corrected chi connectivity index (χ2v) is 16.1. The molecule has 65 heavy (non-hydrogen) atoms. The van der Waals surface area contributed by atoms with E-state index in [2.05, 4.69) is 26.0 Å². The van der Waals surface area contributed by atoms with Crippen LogP contribution in [-0.2, 0) is 44.7 Å². The maximum absolute atomic E-state index is 12.3. The van der Waals surface area contributed by atoms with Gasteiger partial charge in [0.25, 0.3) is 0 Å². The first-order valence-corrected chi connectivity index (χ1v) is 23.3. The van der Waals surface area contributed by atoms with E-state index in [0.29, 0.717) is 145 Å².